The summed E-state index contributed by atoms with van der Waals surface area (Å²) in [7, 11) is 0. The number of carbonyl (C=O) groups is 2. The fraction of sp³-hybridized carbons (Fsp3) is 0.333. The summed E-state index contributed by atoms with van der Waals surface area (Å²) in [5, 5.41) is 2.90. The fourth-order valence-corrected chi connectivity index (χ4v) is 2.99. The van der Waals surface area contributed by atoms with Gasteiger partial charge < -0.3 is 20.5 Å². The van der Waals surface area contributed by atoms with Crippen LogP contribution < -0.4 is 15.8 Å². The molecule has 0 spiro atoms. The number of carbonyl (C=O) groups excluding carboxylic acids is 2. The van der Waals surface area contributed by atoms with Gasteiger partial charge in [0.2, 0.25) is 5.91 Å². The van der Waals surface area contributed by atoms with Crippen LogP contribution in [-0.2, 0) is 22.6 Å². The smallest absolute Gasteiger partial charge is 0.258 e. The molecule has 28 heavy (non-hydrogen) atoms. The number of amides is 2. The number of ether oxygens (including phenoxy) is 2. The van der Waals surface area contributed by atoms with Crippen LogP contribution in [-0.4, -0.2) is 49.6 Å². The van der Waals surface area contributed by atoms with E-state index in [1.807, 2.05) is 18.2 Å². The molecule has 1 fully saturated rings. The largest absolute Gasteiger partial charge is 0.484 e. The lowest BCUT2D eigenvalue weighted by molar-refractivity contribution is -0.123. The third-order valence-corrected chi connectivity index (χ3v) is 4.60. The van der Waals surface area contributed by atoms with Gasteiger partial charge in [-0.3, -0.25) is 14.5 Å². The van der Waals surface area contributed by atoms with Crippen molar-refractivity contribution in [1.82, 2.24) is 10.2 Å². The summed E-state index contributed by atoms with van der Waals surface area (Å²) >= 11 is 0. The Morgan fingerprint density at radius 2 is 1.71 bits per heavy atom. The molecule has 2 aromatic rings. The Morgan fingerprint density at radius 1 is 1.04 bits per heavy atom. The standard InChI is InChI=1S/C21H25N3O4/c22-21(26)16-5-7-19(8-6-16)28-15-20(25)23-13-17-3-1-2-4-18(17)14-24-9-11-27-12-10-24/h1-8H,9-15H2,(H2,22,26)(H,23,25). The summed E-state index contributed by atoms with van der Waals surface area (Å²) < 4.78 is 10.8. The Labute approximate surface area is 164 Å². The van der Waals surface area contributed by atoms with Crippen molar-refractivity contribution in [3.05, 3.63) is 65.2 Å². The number of hydrogen-bond acceptors (Lipinski definition) is 5. The van der Waals surface area contributed by atoms with Crippen molar-refractivity contribution in [2.45, 2.75) is 13.1 Å². The first kappa shape index (κ1) is 19.9. The number of hydrogen-bond donors (Lipinski definition) is 2. The summed E-state index contributed by atoms with van der Waals surface area (Å²) in [6, 6.07) is 14.5. The van der Waals surface area contributed by atoms with Crippen LogP contribution in [0.15, 0.2) is 48.5 Å². The van der Waals surface area contributed by atoms with Crippen molar-refractivity contribution >= 4 is 11.8 Å². The molecule has 0 bridgehead atoms. The second-order valence-corrected chi connectivity index (χ2v) is 6.61. The van der Waals surface area contributed by atoms with E-state index < -0.39 is 5.91 Å². The SMILES string of the molecule is NC(=O)c1ccc(OCC(=O)NCc2ccccc2CN2CCOCC2)cc1. The third-order valence-electron chi connectivity index (χ3n) is 4.60. The van der Waals surface area contributed by atoms with Crippen LogP contribution in [0.2, 0.25) is 0 Å². The minimum atomic E-state index is -0.500. The van der Waals surface area contributed by atoms with E-state index in [2.05, 4.69) is 16.3 Å². The summed E-state index contributed by atoms with van der Waals surface area (Å²) in [5.74, 6) is -0.201. The van der Waals surface area contributed by atoms with Crippen LogP contribution in [0.1, 0.15) is 21.5 Å². The molecular formula is C21H25N3O4. The zero-order valence-electron chi connectivity index (χ0n) is 15.7. The van der Waals surface area contributed by atoms with Gasteiger partial charge in [0.15, 0.2) is 6.61 Å². The quantitative estimate of drug-likeness (QED) is 0.717. The molecule has 1 aliphatic rings. The van der Waals surface area contributed by atoms with E-state index in [1.54, 1.807) is 24.3 Å². The van der Waals surface area contributed by atoms with Crippen molar-refractivity contribution in [2.75, 3.05) is 32.9 Å². The lowest BCUT2D eigenvalue weighted by Gasteiger charge is -2.27. The van der Waals surface area contributed by atoms with Gasteiger partial charge in [-0.1, -0.05) is 24.3 Å². The maximum atomic E-state index is 12.1. The summed E-state index contributed by atoms with van der Waals surface area (Å²) in [4.78, 5) is 25.5. The van der Waals surface area contributed by atoms with Gasteiger partial charge in [0, 0.05) is 31.7 Å². The highest BCUT2D eigenvalue weighted by atomic mass is 16.5. The fourth-order valence-electron chi connectivity index (χ4n) is 2.99. The topological polar surface area (TPSA) is 93.9 Å². The van der Waals surface area contributed by atoms with Crippen molar-refractivity contribution < 1.29 is 19.1 Å². The molecule has 3 N–H and O–H groups in total. The number of morpholine rings is 1. The van der Waals surface area contributed by atoms with Gasteiger partial charge in [0.05, 0.1) is 13.2 Å². The maximum absolute atomic E-state index is 12.1. The normalized spacial score (nSPS) is 14.4. The molecule has 0 aliphatic carbocycles. The number of rotatable bonds is 8. The number of nitrogens with two attached hydrogens (primary N) is 1. The second-order valence-electron chi connectivity index (χ2n) is 6.61. The highest BCUT2D eigenvalue weighted by Gasteiger charge is 2.13. The average Bonchev–Trinajstić information content (AvgIpc) is 2.72. The molecule has 2 amide bonds. The van der Waals surface area contributed by atoms with E-state index in [1.165, 1.54) is 5.56 Å². The van der Waals surface area contributed by atoms with E-state index in [0.29, 0.717) is 17.9 Å². The van der Waals surface area contributed by atoms with E-state index in [4.69, 9.17) is 15.2 Å². The zero-order valence-corrected chi connectivity index (χ0v) is 15.7. The predicted octanol–water partition coefficient (Wildman–Crippen LogP) is 1.31. The monoisotopic (exact) mass is 383 g/mol. The summed E-state index contributed by atoms with van der Waals surface area (Å²) in [6.07, 6.45) is 0. The molecule has 0 saturated carbocycles. The number of primary amides is 1. The van der Waals surface area contributed by atoms with Crippen molar-refractivity contribution in [3.63, 3.8) is 0 Å². The highest BCUT2D eigenvalue weighted by molar-refractivity contribution is 5.92. The molecule has 0 atom stereocenters. The third kappa shape index (κ3) is 5.80. The van der Waals surface area contributed by atoms with E-state index in [0.717, 1.165) is 38.4 Å². The molecular weight excluding hydrogens is 358 g/mol. The minimum Gasteiger partial charge on any atom is -0.484 e. The van der Waals surface area contributed by atoms with Gasteiger partial charge in [-0.25, -0.2) is 0 Å². The Morgan fingerprint density at radius 3 is 2.39 bits per heavy atom. The van der Waals surface area contributed by atoms with Crippen molar-refractivity contribution in [1.29, 1.82) is 0 Å². The molecule has 1 saturated heterocycles. The van der Waals surface area contributed by atoms with E-state index in [-0.39, 0.29) is 12.5 Å². The van der Waals surface area contributed by atoms with Gasteiger partial charge in [-0.15, -0.1) is 0 Å². The van der Waals surface area contributed by atoms with Gasteiger partial charge >= 0.3 is 0 Å². The molecule has 1 heterocycles. The first-order chi connectivity index (χ1) is 13.6. The van der Waals surface area contributed by atoms with Crippen LogP contribution in [0, 0.1) is 0 Å². The zero-order chi connectivity index (χ0) is 19.8. The Hall–Kier alpha value is -2.90. The molecule has 0 radical (unpaired) electrons. The first-order valence-corrected chi connectivity index (χ1v) is 9.28. The Bertz CT molecular complexity index is 802. The molecule has 1 aliphatic heterocycles. The van der Waals surface area contributed by atoms with Gasteiger partial charge in [-0.05, 0) is 35.4 Å². The molecule has 0 unspecified atom stereocenters. The molecule has 0 aromatic heterocycles. The second kappa shape index (κ2) is 9.87. The van der Waals surface area contributed by atoms with E-state index >= 15 is 0 Å². The molecule has 148 valence electrons. The molecule has 2 aromatic carbocycles. The van der Waals surface area contributed by atoms with Crippen molar-refractivity contribution in [2.24, 2.45) is 5.73 Å². The van der Waals surface area contributed by atoms with Crippen LogP contribution in [0.3, 0.4) is 0 Å². The first-order valence-electron chi connectivity index (χ1n) is 9.28. The lowest BCUT2D eigenvalue weighted by atomic mass is 10.1. The number of nitrogens with zero attached hydrogens (tertiary/aromatic N) is 1. The van der Waals surface area contributed by atoms with Crippen LogP contribution >= 0.6 is 0 Å². The van der Waals surface area contributed by atoms with Crippen LogP contribution in [0.5, 0.6) is 5.75 Å². The number of benzene rings is 2. The number of nitrogens with one attached hydrogen (secondary N) is 1. The predicted molar refractivity (Wildman–Crippen MR) is 105 cm³/mol. The van der Waals surface area contributed by atoms with Gasteiger partial charge in [0.25, 0.3) is 5.91 Å². The minimum absolute atomic E-state index is 0.0957. The molecule has 3 rings (SSSR count). The average molecular weight is 383 g/mol. The van der Waals surface area contributed by atoms with Crippen molar-refractivity contribution in [3.8, 4) is 5.75 Å². The van der Waals surface area contributed by atoms with Gasteiger partial charge in [0.1, 0.15) is 5.75 Å². The Balaban J connectivity index is 1.48. The highest BCUT2D eigenvalue weighted by Crippen LogP contribution is 2.14. The lowest BCUT2D eigenvalue weighted by Crippen LogP contribution is -2.36. The van der Waals surface area contributed by atoms with Crippen LogP contribution in [0.4, 0.5) is 0 Å². The summed E-state index contributed by atoms with van der Waals surface area (Å²) in [6.45, 7) is 4.56. The summed E-state index contributed by atoms with van der Waals surface area (Å²) in [5.41, 5.74) is 7.89. The Kier molecular flexibility index (Phi) is 7.00. The molecule has 7 heteroatoms. The van der Waals surface area contributed by atoms with Crippen LogP contribution in [0.25, 0.3) is 0 Å². The molecule has 7 nitrogen and oxygen atoms in total. The van der Waals surface area contributed by atoms with Gasteiger partial charge in [-0.2, -0.15) is 0 Å². The maximum Gasteiger partial charge on any atom is 0.258 e. The van der Waals surface area contributed by atoms with E-state index in [9.17, 15) is 9.59 Å².